The largest absolute Gasteiger partial charge is 0.487 e. The Morgan fingerprint density at radius 3 is 2.50 bits per heavy atom. The van der Waals surface area contributed by atoms with Gasteiger partial charge in [0.1, 0.15) is 11.4 Å². The van der Waals surface area contributed by atoms with E-state index in [1.54, 1.807) is 0 Å². The van der Waals surface area contributed by atoms with Crippen molar-refractivity contribution in [1.29, 1.82) is 0 Å². The summed E-state index contributed by atoms with van der Waals surface area (Å²) in [6, 6.07) is 8.59. The number of imidazole rings is 1. The van der Waals surface area contributed by atoms with Crippen LogP contribution in [-0.4, -0.2) is 15.2 Å². The summed E-state index contributed by atoms with van der Waals surface area (Å²) in [6.45, 7) is 7.73. The molecule has 0 atom stereocenters. The van der Waals surface area contributed by atoms with Crippen molar-refractivity contribution in [2.45, 2.75) is 90.7 Å². The van der Waals surface area contributed by atoms with E-state index in [2.05, 4.69) is 49.6 Å². The molecule has 0 unspecified atom stereocenters. The minimum atomic E-state index is -0.104. The third-order valence-corrected chi connectivity index (χ3v) is 6.18. The second-order valence-electron chi connectivity index (χ2n) is 8.97. The van der Waals surface area contributed by atoms with Crippen LogP contribution < -0.4 is 4.74 Å². The number of nitrogens with zero attached hydrogens (tertiary/aromatic N) is 2. The zero-order chi connectivity index (χ0) is 19.6. The first-order chi connectivity index (χ1) is 13.6. The maximum absolute atomic E-state index is 6.50. The molecule has 0 saturated heterocycles. The van der Waals surface area contributed by atoms with E-state index in [4.69, 9.17) is 9.72 Å². The summed E-state index contributed by atoms with van der Waals surface area (Å²) in [4.78, 5) is 4.84. The Balaban J connectivity index is 1.62. The van der Waals surface area contributed by atoms with Crippen molar-refractivity contribution in [3.63, 3.8) is 0 Å². The predicted molar refractivity (Wildman–Crippen MR) is 118 cm³/mol. The molecule has 0 aliphatic carbocycles. The second-order valence-corrected chi connectivity index (χ2v) is 8.97. The highest BCUT2D eigenvalue weighted by Gasteiger charge is 2.31. The van der Waals surface area contributed by atoms with Crippen molar-refractivity contribution >= 4 is 21.8 Å². The molecule has 3 nitrogen and oxygen atoms in total. The van der Waals surface area contributed by atoms with Crippen molar-refractivity contribution in [3.05, 3.63) is 36.2 Å². The lowest BCUT2D eigenvalue weighted by Crippen LogP contribution is -2.33. The molecule has 0 fully saturated rings. The smallest absolute Gasteiger partial charge is 0.133 e. The van der Waals surface area contributed by atoms with Crippen molar-refractivity contribution in [3.8, 4) is 5.75 Å². The monoisotopic (exact) mass is 378 g/mol. The Morgan fingerprint density at radius 1 is 1.00 bits per heavy atom. The third kappa shape index (κ3) is 3.76. The number of aryl methyl sites for hydroxylation is 2. The molecule has 3 heteroatoms. The van der Waals surface area contributed by atoms with Gasteiger partial charge >= 0.3 is 0 Å². The van der Waals surface area contributed by atoms with E-state index in [1.807, 2.05) is 6.33 Å². The van der Waals surface area contributed by atoms with Gasteiger partial charge in [0.05, 0.1) is 17.4 Å². The van der Waals surface area contributed by atoms with Gasteiger partial charge in [0.2, 0.25) is 0 Å². The minimum absolute atomic E-state index is 0.104. The molecule has 1 aliphatic rings. The fourth-order valence-corrected chi connectivity index (χ4v) is 4.56. The van der Waals surface area contributed by atoms with Crippen LogP contribution in [-0.2, 0) is 13.0 Å². The average molecular weight is 379 g/mol. The molecule has 2 aromatic carbocycles. The summed E-state index contributed by atoms with van der Waals surface area (Å²) in [7, 11) is 0. The first kappa shape index (κ1) is 19.3. The molecule has 0 N–H and O–H groups in total. The van der Waals surface area contributed by atoms with Crippen molar-refractivity contribution in [1.82, 2.24) is 9.55 Å². The van der Waals surface area contributed by atoms with Gasteiger partial charge in [-0.1, -0.05) is 69.7 Å². The molecule has 4 rings (SSSR count). The van der Waals surface area contributed by atoms with E-state index < -0.39 is 0 Å². The first-order valence-corrected chi connectivity index (χ1v) is 11.2. The lowest BCUT2D eigenvalue weighted by atomic mass is 9.91. The molecule has 0 radical (unpaired) electrons. The van der Waals surface area contributed by atoms with Crippen LogP contribution in [0.5, 0.6) is 5.75 Å². The zero-order valence-electron chi connectivity index (χ0n) is 17.8. The number of fused-ring (bicyclic) bond motifs is 6. The first-order valence-electron chi connectivity index (χ1n) is 11.2. The highest BCUT2D eigenvalue weighted by Crippen LogP contribution is 2.43. The number of rotatable bonds is 8. The number of benzene rings is 2. The summed E-state index contributed by atoms with van der Waals surface area (Å²) < 4.78 is 8.89. The van der Waals surface area contributed by atoms with E-state index in [-0.39, 0.29) is 5.60 Å². The van der Waals surface area contributed by atoms with Gasteiger partial charge in [-0.3, -0.25) is 0 Å². The molecule has 3 aromatic rings. The molecule has 150 valence electrons. The molecule has 1 aromatic heterocycles. The topological polar surface area (TPSA) is 27.1 Å². The van der Waals surface area contributed by atoms with Crippen LogP contribution >= 0.6 is 0 Å². The van der Waals surface area contributed by atoms with Gasteiger partial charge in [-0.2, -0.15) is 0 Å². The Morgan fingerprint density at radius 2 is 1.71 bits per heavy atom. The van der Waals surface area contributed by atoms with Crippen molar-refractivity contribution in [2.75, 3.05) is 0 Å². The summed E-state index contributed by atoms with van der Waals surface area (Å²) >= 11 is 0. The molecular weight excluding hydrogens is 344 g/mol. The molecular formula is C25H34N2O. The van der Waals surface area contributed by atoms with E-state index >= 15 is 0 Å². The molecule has 0 amide bonds. The number of aromatic nitrogens is 2. The van der Waals surface area contributed by atoms with E-state index in [0.717, 1.165) is 30.7 Å². The fraction of sp³-hybridized carbons (Fsp3) is 0.560. The Labute approximate surface area is 169 Å². The molecule has 0 saturated carbocycles. The average Bonchev–Trinajstić information content (AvgIpc) is 3.11. The summed E-state index contributed by atoms with van der Waals surface area (Å²) in [6.07, 6.45) is 13.5. The fourth-order valence-electron chi connectivity index (χ4n) is 4.56. The maximum Gasteiger partial charge on any atom is 0.133 e. The van der Waals surface area contributed by atoms with Gasteiger partial charge in [0, 0.05) is 22.9 Å². The van der Waals surface area contributed by atoms with Gasteiger partial charge in [-0.25, -0.2) is 4.98 Å². The van der Waals surface area contributed by atoms with Crippen LogP contribution in [0.3, 0.4) is 0 Å². The van der Waals surface area contributed by atoms with Gasteiger partial charge < -0.3 is 9.30 Å². The predicted octanol–water partition coefficient (Wildman–Crippen LogP) is 7.04. The summed E-state index contributed by atoms with van der Waals surface area (Å²) in [5.41, 5.74) is 3.69. The lowest BCUT2D eigenvalue weighted by molar-refractivity contribution is 0.0873. The zero-order valence-corrected chi connectivity index (χ0v) is 17.8. The SMILES string of the molecule is CCCCCCCCCn1cnc2c3ccccc3c3c(c21)CCC(C)(C)O3. The Bertz CT molecular complexity index is 954. The molecule has 2 heterocycles. The highest BCUT2D eigenvalue weighted by molar-refractivity contribution is 6.09. The lowest BCUT2D eigenvalue weighted by Gasteiger charge is -2.34. The number of hydrogen-bond donors (Lipinski definition) is 0. The van der Waals surface area contributed by atoms with Crippen LogP contribution in [0.4, 0.5) is 0 Å². The van der Waals surface area contributed by atoms with Gasteiger partial charge in [-0.05, 0) is 33.1 Å². The maximum atomic E-state index is 6.50. The molecule has 28 heavy (non-hydrogen) atoms. The van der Waals surface area contributed by atoms with Crippen LogP contribution in [0, 0.1) is 0 Å². The van der Waals surface area contributed by atoms with Crippen LogP contribution in [0.15, 0.2) is 30.6 Å². The van der Waals surface area contributed by atoms with Gasteiger partial charge in [0.15, 0.2) is 0 Å². The normalized spacial score (nSPS) is 15.7. The number of ether oxygens (including phenoxy) is 1. The Kier molecular flexibility index (Phi) is 5.61. The van der Waals surface area contributed by atoms with Gasteiger partial charge in [-0.15, -0.1) is 0 Å². The molecule has 0 bridgehead atoms. The highest BCUT2D eigenvalue weighted by atomic mass is 16.5. The second kappa shape index (κ2) is 8.14. The summed E-state index contributed by atoms with van der Waals surface area (Å²) in [5.74, 6) is 1.08. The third-order valence-electron chi connectivity index (χ3n) is 6.18. The van der Waals surface area contributed by atoms with Gasteiger partial charge in [0.25, 0.3) is 0 Å². The number of hydrogen-bond acceptors (Lipinski definition) is 2. The van der Waals surface area contributed by atoms with E-state index in [9.17, 15) is 0 Å². The quantitative estimate of drug-likeness (QED) is 0.393. The minimum Gasteiger partial charge on any atom is -0.487 e. The molecule has 1 aliphatic heterocycles. The standard InChI is InChI=1S/C25H34N2O/c1-4-5-6-7-8-9-12-17-27-18-26-22-19-13-10-11-14-20(19)24-21(23(22)27)15-16-25(2,3)28-24/h10-11,13-14,18H,4-9,12,15-17H2,1-3H3. The number of unbranched alkanes of at least 4 members (excludes halogenated alkanes) is 6. The van der Waals surface area contributed by atoms with Crippen molar-refractivity contribution in [2.24, 2.45) is 0 Å². The van der Waals surface area contributed by atoms with E-state index in [1.165, 1.54) is 66.8 Å². The molecule has 0 spiro atoms. The summed E-state index contributed by atoms with van der Waals surface area (Å²) in [5, 5.41) is 2.42. The Hall–Kier alpha value is -2.03. The van der Waals surface area contributed by atoms with E-state index in [0.29, 0.717) is 0 Å². The van der Waals surface area contributed by atoms with Crippen LogP contribution in [0.2, 0.25) is 0 Å². The van der Waals surface area contributed by atoms with Crippen LogP contribution in [0.1, 0.15) is 77.7 Å². The van der Waals surface area contributed by atoms with Crippen molar-refractivity contribution < 1.29 is 4.74 Å². The van der Waals surface area contributed by atoms with Crippen LogP contribution in [0.25, 0.3) is 21.8 Å².